The van der Waals surface area contributed by atoms with Crippen molar-refractivity contribution in [3.63, 3.8) is 0 Å². The number of nitrogens with one attached hydrogen (secondary N) is 2. The Bertz CT molecular complexity index is 903. The van der Waals surface area contributed by atoms with E-state index in [0.717, 1.165) is 39.1 Å². The third kappa shape index (κ3) is 3.92. The summed E-state index contributed by atoms with van der Waals surface area (Å²) in [6.07, 6.45) is 7.96. The van der Waals surface area contributed by atoms with E-state index >= 15 is 0 Å². The summed E-state index contributed by atoms with van der Waals surface area (Å²) in [5.74, 6) is 0. The molecule has 4 heteroatoms. The smallest absolute Gasteiger partial charge is 0.163 e. The molecular formula is C25H31IN2O+2. The third-order valence-electron chi connectivity index (χ3n) is 7.50. The predicted octanol–water partition coefficient (Wildman–Crippen LogP) is 1.45. The molecule has 3 aliphatic rings. The van der Waals surface area contributed by atoms with Gasteiger partial charge >= 0.3 is 0 Å². The molecule has 2 heterocycles. The summed E-state index contributed by atoms with van der Waals surface area (Å²) in [5, 5.41) is 10.8. The number of rotatable bonds is 3. The van der Waals surface area contributed by atoms with Crippen LogP contribution in [0.4, 0.5) is 0 Å². The van der Waals surface area contributed by atoms with Gasteiger partial charge in [0.1, 0.15) is 19.2 Å². The van der Waals surface area contributed by atoms with Gasteiger partial charge in [0.05, 0.1) is 19.6 Å². The van der Waals surface area contributed by atoms with Gasteiger partial charge < -0.3 is 14.9 Å². The van der Waals surface area contributed by atoms with Gasteiger partial charge in [-0.15, -0.1) is 0 Å². The van der Waals surface area contributed by atoms with Gasteiger partial charge in [0.15, 0.2) is 6.04 Å². The number of allylic oxidation sites excluding steroid dienone is 1. The van der Waals surface area contributed by atoms with Crippen LogP contribution in [0.25, 0.3) is 6.08 Å². The molecule has 2 aliphatic heterocycles. The molecule has 3 atom stereocenters. The standard InChI is InChI=1S/C25H29IN2O/c26-21-6-3-4-19(16-21)17-27-13-9-24(29)23(18-27)28-14-11-25(12-15-28)10-8-20-5-1-2-7-22(20)25/h1-8,10,16,23-24,29H,9,11-15,17-18H2/p+2/t23-,24-/m1/s1. The molecule has 1 aliphatic carbocycles. The number of hydrogen-bond donors (Lipinski definition) is 3. The minimum atomic E-state index is -0.148. The lowest BCUT2D eigenvalue weighted by Gasteiger charge is -2.43. The molecule has 3 N–H and O–H groups in total. The molecule has 2 aromatic rings. The fourth-order valence-corrected chi connectivity index (χ4v) is 6.48. The van der Waals surface area contributed by atoms with E-state index in [1.807, 2.05) is 0 Å². The van der Waals surface area contributed by atoms with Crippen LogP contribution in [0.15, 0.2) is 54.6 Å². The van der Waals surface area contributed by atoms with E-state index in [1.165, 1.54) is 33.1 Å². The highest BCUT2D eigenvalue weighted by Gasteiger charge is 2.45. The van der Waals surface area contributed by atoms with Gasteiger partial charge in [-0.25, -0.2) is 0 Å². The zero-order valence-electron chi connectivity index (χ0n) is 16.9. The number of hydrogen-bond acceptors (Lipinski definition) is 1. The van der Waals surface area contributed by atoms with E-state index in [4.69, 9.17) is 0 Å². The van der Waals surface area contributed by atoms with Gasteiger partial charge in [-0.1, -0.05) is 48.6 Å². The van der Waals surface area contributed by atoms with Crippen LogP contribution in [0.1, 0.15) is 36.0 Å². The maximum atomic E-state index is 10.8. The Morgan fingerprint density at radius 1 is 1.03 bits per heavy atom. The highest BCUT2D eigenvalue weighted by atomic mass is 127. The van der Waals surface area contributed by atoms with Crippen LogP contribution in [0, 0.1) is 3.57 Å². The van der Waals surface area contributed by atoms with Crippen LogP contribution in [-0.2, 0) is 12.0 Å². The molecular weight excluding hydrogens is 471 g/mol. The normalized spacial score (nSPS) is 33.7. The number of halogens is 1. The van der Waals surface area contributed by atoms with E-state index < -0.39 is 0 Å². The molecule has 1 unspecified atom stereocenters. The Balaban J connectivity index is 1.25. The van der Waals surface area contributed by atoms with Crippen LogP contribution in [0.5, 0.6) is 0 Å². The molecule has 0 bridgehead atoms. The molecule has 2 aromatic carbocycles. The van der Waals surface area contributed by atoms with Crippen LogP contribution in [0.2, 0.25) is 0 Å². The number of fused-ring (bicyclic) bond motifs is 2. The maximum absolute atomic E-state index is 10.8. The van der Waals surface area contributed by atoms with E-state index in [9.17, 15) is 5.11 Å². The zero-order chi connectivity index (χ0) is 19.8. The molecule has 2 fully saturated rings. The lowest BCUT2D eigenvalue weighted by atomic mass is 9.74. The largest absolute Gasteiger partial charge is 0.386 e. The van der Waals surface area contributed by atoms with Crippen molar-refractivity contribution >= 4 is 28.7 Å². The van der Waals surface area contributed by atoms with Gasteiger partial charge in [0, 0.05) is 33.8 Å². The first-order chi connectivity index (χ1) is 14.1. The van der Waals surface area contributed by atoms with Crippen LogP contribution >= 0.6 is 22.6 Å². The molecule has 0 radical (unpaired) electrons. The van der Waals surface area contributed by atoms with Crippen molar-refractivity contribution in [2.45, 2.75) is 43.4 Å². The molecule has 2 saturated heterocycles. The summed E-state index contributed by atoms with van der Waals surface area (Å²) in [5.41, 5.74) is 4.59. The molecule has 29 heavy (non-hydrogen) atoms. The average molecular weight is 502 g/mol. The molecule has 1 spiro atoms. The fourth-order valence-electron chi connectivity index (χ4n) is 5.87. The second-order valence-corrected chi connectivity index (χ2v) is 10.5. The van der Waals surface area contributed by atoms with Crippen molar-refractivity contribution < 1.29 is 14.9 Å². The van der Waals surface area contributed by atoms with Crippen molar-refractivity contribution in [3.8, 4) is 0 Å². The molecule has 152 valence electrons. The first-order valence-electron chi connectivity index (χ1n) is 11.0. The van der Waals surface area contributed by atoms with E-state index in [2.05, 4.69) is 83.3 Å². The van der Waals surface area contributed by atoms with Crippen LogP contribution in [-0.4, -0.2) is 43.4 Å². The minimum Gasteiger partial charge on any atom is -0.386 e. The third-order valence-corrected chi connectivity index (χ3v) is 8.17. The molecule has 5 rings (SSSR count). The Labute approximate surface area is 187 Å². The van der Waals surface area contributed by atoms with Gasteiger partial charge in [0.2, 0.25) is 0 Å². The predicted molar refractivity (Wildman–Crippen MR) is 125 cm³/mol. The van der Waals surface area contributed by atoms with Gasteiger partial charge in [0.25, 0.3) is 0 Å². The Kier molecular flexibility index (Phi) is 5.54. The van der Waals surface area contributed by atoms with Crippen molar-refractivity contribution in [3.05, 3.63) is 74.9 Å². The SMILES string of the molecule is O[C@@H]1CC[NH+](Cc2cccc(I)c2)C[C@H]1[NH+]1CCC2(C=Cc3ccccc32)CC1. The number of aliphatic hydroxyl groups is 1. The fraction of sp³-hybridized carbons (Fsp3) is 0.440. The van der Waals surface area contributed by atoms with Crippen LogP contribution < -0.4 is 9.80 Å². The summed E-state index contributed by atoms with van der Waals surface area (Å²) in [4.78, 5) is 3.25. The second-order valence-electron chi connectivity index (χ2n) is 9.21. The highest BCUT2D eigenvalue weighted by molar-refractivity contribution is 14.1. The van der Waals surface area contributed by atoms with Gasteiger partial charge in [-0.3, -0.25) is 0 Å². The quantitative estimate of drug-likeness (QED) is 0.546. The van der Waals surface area contributed by atoms with Crippen molar-refractivity contribution in [1.82, 2.24) is 0 Å². The first kappa shape index (κ1) is 19.7. The number of quaternary nitrogens is 2. The molecule has 0 amide bonds. The van der Waals surface area contributed by atoms with E-state index in [-0.39, 0.29) is 11.5 Å². The van der Waals surface area contributed by atoms with Crippen molar-refractivity contribution in [1.29, 1.82) is 0 Å². The lowest BCUT2D eigenvalue weighted by molar-refractivity contribution is -0.996. The summed E-state index contributed by atoms with van der Waals surface area (Å²) < 4.78 is 1.31. The first-order valence-corrected chi connectivity index (χ1v) is 12.1. The Hall–Kier alpha value is -1.21. The summed E-state index contributed by atoms with van der Waals surface area (Å²) >= 11 is 2.40. The number of piperidine rings is 2. The molecule has 0 aromatic heterocycles. The second kappa shape index (κ2) is 8.14. The Morgan fingerprint density at radius 3 is 2.69 bits per heavy atom. The van der Waals surface area contributed by atoms with E-state index in [0.29, 0.717) is 6.04 Å². The summed E-state index contributed by atoms with van der Waals surface area (Å²) in [6.45, 7) is 5.57. The van der Waals surface area contributed by atoms with Gasteiger partial charge in [-0.05, 0) is 45.9 Å². The maximum Gasteiger partial charge on any atom is 0.163 e. The van der Waals surface area contributed by atoms with Gasteiger partial charge in [-0.2, -0.15) is 0 Å². The number of aliphatic hydroxyl groups excluding tert-OH is 1. The van der Waals surface area contributed by atoms with Crippen molar-refractivity contribution in [2.24, 2.45) is 0 Å². The molecule has 0 saturated carbocycles. The van der Waals surface area contributed by atoms with E-state index in [1.54, 1.807) is 9.80 Å². The lowest BCUT2D eigenvalue weighted by Crippen LogP contribution is -3.26. The minimum absolute atomic E-state index is 0.148. The number of benzene rings is 2. The van der Waals surface area contributed by atoms with Crippen molar-refractivity contribution in [2.75, 3.05) is 26.2 Å². The zero-order valence-corrected chi connectivity index (χ0v) is 19.1. The monoisotopic (exact) mass is 502 g/mol. The summed E-state index contributed by atoms with van der Waals surface area (Å²) in [7, 11) is 0. The Morgan fingerprint density at radius 2 is 1.86 bits per heavy atom. The van der Waals surface area contributed by atoms with Crippen LogP contribution in [0.3, 0.4) is 0 Å². The molecule has 3 nitrogen and oxygen atoms in total. The topological polar surface area (TPSA) is 29.1 Å². The summed E-state index contributed by atoms with van der Waals surface area (Å²) in [6, 6.07) is 18.1. The highest BCUT2D eigenvalue weighted by Crippen LogP contribution is 2.41. The number of likely N-dealkylation sites (tertiary alicyclic amines) is 2. The average Bonchev–Trinajstić information content (AvgIpc) is 3.09.